The number of benzene rings is 1. The van der Waals surface area contributed by atoms with Gasteiger partial charge in [0.05, 0.1) is 17.2 Å². The Morgan fingerprint density at radius 3 is 2.55 bits per heavy atom. The Kier molecular flexibility index (Phi) is 5.55. The number of hydrogen-bond donors (Lipinski definition) is 1. The van der Waals surface area contributed by atoms with Crippen LogP contribution in [0.4, 0.5) is 0 Å². The zero-order valence-electron chi connectivity index (χ0n) is 12.2. The van der Waals surface area contributed by atoms with Gasteiger partial charge < -0.3 is 4.74 Å². The maximum atomic E-state index is 12.4. The van der Waals surface area contributed by atoms with Crippen LogP contribution in [0.3, 0.4) is 0 Å². The van der Waals surface area contributed by atoms with E-state index in [2.05, 4.69) is 15.6 Å². The number of hydrogen-bond acceptors (Lipinski definition) is 5. The SMILES string of the molecule is CCSc1nnc(C)n1NC(=O)c1cc(Cl)c(OC)c(Cl)c1. The monoisotopic (exact) mass is 360 g/mol. The van der Waals surface area contributed by atoms with Crippen molar-refractivity contribution >= 4 is 40.9 Å². The highest BCUT2D eigenvalue weighted by Gasteiger charge is 2.16. The number of carbonyl (C=O) groups is 1. The summed E-state index contributed by atoms with van der Waals surface area (Å²) in [7, 11) is 1.46. The van der Waals surface area contributed by atoms with Gasteiger partial charge in [-0.25, -0.2) is 4.68 Å². The van der Waals surface area contributed by atoms with Crippen LogP contribution in [0.1, 0.15) is 23.1 Å². The summed E-state index contributed by atoms with van der Waals surface area (Å²) >= 11 is 13.6. The molecule has 1 aromatic heterocycles. The van der Waals surface area contributed by atoms with Gasteiger partial charge in [-0.05, 0) is 24.8 Å². The van der Waals surface area contributed by atoms with E-state index in [-0.39, 0.29) is 16.0 Å². The van der Waals surface area contributed by atoms with E-state index in [1.165, 1.54) is 35.7 Å². The fraction of sp³-hybridized carbons (Fsp3) is 0.308. The summed E-state index contributed by atoms with van der Waals surface area (Å²) in [6.45, 7) is 3.74. The summed E-state index contributed by atoms with van der Waals surface area (Å²) in [5, 5.41) is 9.10. The number of aromatic nitrogens is 3. The second kappa shape index (κ2) is 7.21. The first kappa shape index (κ1) is 16.9. The third-order valence-corrected chi connectivity index (χ3v) is 4.12. The Bertz CT molecular complexity index is 682. The van der Waals surface area contributed by atoms with E-state index in [1.807, 2.05) is 6.92 Å². The van der Waals surface area contributed by atoms with E-state index < -0.39 is 0 Å². The average Bonchev–Trinajstić information content (AvgIpc) is 2.80. The third-order valence-electron chi connectivity index (χ3n) is 2.75. The Hall–Kier alpha value is -1.44. The lowest BCUT2D eigenvalue weighted by atomic mass is 10.2. The summed E-state index contributed by atoms with van der Waals surface area (Å²) in [5.41, 5.74) is 3.04. The Balaban J connectivity index is 2.28. The first-order valence-electron chi connectivity index (χ1n) is 6.37. The molecule has 0 fully saturated rings. The number of methoxy groups -OCH3 is 1. The molecule has 2 rings (SSSR count). The topological polar surface area (TPSA) is 69.0 Å². The lowest BCUT2D eigenvalue weighted by Crippen LogP contribution is -2.24. The van der Waals surface area contributed by atoms with Crippen molar-refractivity contribution in [2.24, 2.45) is 0 Å². The Morgan fingerprint density at radius 2 is 2.00 bits per heavy atom. The zero-order chi connectivity index (χ0) is 16.3. The van der Waals surface area contributed by atoms with Gasteiger partial charge in [0.1, 0.15) is 5.82 Å². The Labute approximate surface area is 142 Å². The fourth-order valence-corrected chi connectivity index (χ4v) is 3.05. The number of halogens is 2. The number of nitrogens with zero attached hydrogens (tertiary/aromatic N) is 3. The van der Waals surface area contributed by atoms with Gasteiger partial charge >= 0.3 is 0 Å². The summed E-state index contributed by atoms with van der Waals surface area (Å²) in [6.07, 6.45) is 0. The third kappa shape index (κ3) is 3.48. The smallest absolute Gasteiger partial charge is 0.270 e. The van der Waals surface area contributed by atoms with Crippen LogP contribution in [0.2, 0.25) is 10.0 Å². The molecule has 0 aliphatic heterocycles. The lowest BCUT2D eigenvalue weighted by Gasteiger charge is -2.11. The van der Waals surface area contributed by atoms with Crippen LogP contribution in [0.25, 0.3) is 0 Å². The molecular weight excluding hydrogens is 347 g/mol. The molecule has 0 bridgehead atoms. The molecule has 1 amide bonds. The van der Waals surface area contributed by atoms with Gasteiger partial charge in [-0.3, -0.25) is 10.2 Å². The first-order valence-corrected chi connectivity index (χ1v) is 8.11. The highest BCUT2D eigenvalue weighted by Crippen LogP contribution is 2.33. The fourth-order valence-electron chi connectivity index (χ4n) is 1.75. The molecule has 2 aromatic rings. The number of carbonyl (C=O) groups excluding carboxylic acids is 1. The quantitative estimate of drug-likeness (QED) is 0.827. The van der Waals surface area contributed by atoms with Gasteiger partial charge in [0, 0.05) is 5.56 Å². The highest BCUT2D eigenvalue weighted by atomic mass is 35.5. The van der Waals surface area contributed by atoms with E-state index in [4.69, 9.17) is 27.9 Å². The number of thioether (sulfide) groups is 1. The van der Waals surface area contributed by atoms with Crippen molar-refractivity contribution in [2.45, 2.75) is 19.0 Å². The summed E-state index contributed by atoms with van der Waals surface area (Å²) < 4.78 is 6.59. The molecule has 0 aliphatic carbocycles. The molecule has 1 heterocycles. The standard InChI is InChI=1S/C13H14Cl2N4O2S/c1-4-22-13-17-16-7(2)19(13)18-12(20)8-5-9(14)11(21-3)10(15)6-8/h5-6H,4H2,1-3H3,(H,18,20). The lowest BCUT2D eigenvalue weighted by molar-refractivity contribution is 0.100. The van der Waals surface area contributed by atoms with Crippen molar-refractivity contribution in [3.8, 4) is 5.75 Å². The summed E-state index contributed by atoms with van der Waals surface area (Å²) in [5.74, 6) is 1.36. The molecule has 118 valence electrons. The van der Waals surface area contributed by atoms with Gasteiger partial charge in [0.15, 0.2) is 5.75 Å². The number of aryl methyl sites for hydroxylation is 1. The molecule has 0 unspecified atom stereocenters. The van der Waals surface area contributed by atoms with E-state index in [1.54, 1.807) is 6.92 Å². The van der Waals surface area contributed by atoms with Crippen molar-refractivity contribution in [2.75, 3.05) is 18.3 Å². The normalized spacial score (nSPS) is 10.6. The molecular formula is C13H14Cl2N4O2S. The Morgan fingerprint density at radius 1 is 1.36 bits per heavy atom. The minimum Gasteiger partial charge on any atom is -0.494 e. The summed E-state index contributed by atoms with van der Waals surface area (Å²) in [6, 6.07) is 2.99. The van der Waals surface area contributed by atoms with Crippen LogP contribution < -0.4 is 10.2 Å². The van der Waals surface area contributed by atoms with Gasteiger partial charge in [0.2, 0.25) is 5.16 Å². The number of rotatable bonds is 5. The van der Waals surface area contributed by atoms with Crippen molar-refractivity contribution in [3.05, 3.63) is 33.6 Å². The van der Waals surface area contributed by atoms with Crippen LogP contribution in [0, 0.1) is 6.92 Å². The molecule has 0 spiro atoms. The van der Waals surface area contributed by atoms with Crippen molar-refractivity contribution < 1.29 is 9.53 Å². The van der Waals surface area contributed by atoms with Crippen LogP contribution in [0.15, 0.2) is 17.3 Å². The molecule has 0 radical (unpaired) electrons. The highest BCUT2D eigenvalue weighted by molar-refractivity contribution is 7.99. The molecule has 0 saturated heterocycles. The van der Waals surface area contributed by atoms with Crippen molar-refractivity contribution in [3.63, 3.8) is 0 Å². The van der Waals surface area contributed by atoms with Gasteiger partial charge in [-0.15, -0.1) is 10.2 Å². The first-order chi connectivity index (χ1) is 10.5. The predicted octanol–water partition coefficient (Wildman–Crippen LogP) is 3.40. The number of ether oxygens (including phenoxy) is 1. The molecule has 0 aliphatic rings. The number of amides is 1. The van der Waals surface area contributed by atoms with E-state index >= 15 is 0 Å². The number of nitrogens with one attached hydrogen (secondary N) is 1. The van der Waals surface area contributed by atoms with Crippen LogP contribution >= 0.6 is 35.0 Å². The second-order valence-electron chi connectivity index (χ2n) is 4.21. The zero-order valence-corrected chi connectivity index (χ0v) is 14.5. The van der Waals surface area contributed by atoms with Crippen LogP contribution in [0.5, 0.6) is 5.75 Å². The minimum atomic E-state index is -0.368. The van der Waals surface area contributed by atoms with Crippen LogP contribution in [-0.2, 0) is 0 Å². The summed E-state index contributed by atoms with van der Waals surface area (Å²) in [4.78, 5) is 12.4. The molecule has 6 nitrogen and oxygen atoms in total. The predicted molar refractivity (Wildman–Crippen MR) is 87.9 cm³/mol. The molecule has 1 aromatic carbocycles. The van der Waals surface area contributed by atoms with Gasteiger partial charge in [-0.2, -0.15) is 0 Å². The van der Waals surface area contributed by atoms with E-state index in [0.717, 1.165) is 5.75 Å². The van der Waals surface area contributed by atoms with Gasteiger partial charge in [-0.1, -0.05) is 41.9 Å². The maximum Gasteiger partial charge on any atom is 0.270 e. The minimum absolute atomic E-state index is 0.267. The molecule has 0 atom stereocenters. The second-order valence-corrected chi connectivity index (χ2v) is 6.26. The largest absolute Gasteiger partial charge is 0.494 e. The molecule has 1 N–H and O–H groups in total. The molecule has 9 heteroatoms. The van der Waals surface area contributed by atoms with Crippen molar-refractivity contribution in [1.82, 2.24) is 14.9 Å². The maximum absolute atomic E-state index is 12.4. The van der Waals surface area contributed by atoms with E-state index in [0.29, 0.717) is 22.3 Å². The molecule has 22 heavy (non-hydrogen) atoms. The van der Waals surface area contributed by atoms with Crippen LogP contribution in [-0.4, -0.2) is 33.6 Å². The van der Waals surface area contributed by atoms with Gasteiger partial charge in [0.25, 0.3) is 5.91 Å². The van der Waals surface area contributed by atoms with Crippen molar-refractivity contribution in [1.29, 1.82) is 0 Å². The van der Waals surface area contributed by atoms with E-state index in [9.17, 15) is 4.79 Å². The molecule has 0 saturated carbocycles. The average molecular weight is 361 g/mol.